The summed E-state index contributed by atoms with van der Waals surface area (Å²) in [5, 5.41) is 3.83. The van der Waals surface area contributed by atoms with Crippen LogP contribution in [0.3, 0.4) is 0 Å². The van der Waals surface area contributed by atoms with Crippen LogP contribution in [0.15, 0.2) is 36.5 Å². The molecule has 1 N–H and O–H groups in total. The molecular formula is C16H18ClFN2. The number of likely N-dealkylation sites (N-methyl/N-ethyl adjacent to an activating group) is 1. The number of halogens is 2. The predicted molar refractivity (Wildman–Crippen MR) is 80.5 cm³/mol. The largest absolute Gasteiger partial charge is 0.311 e. The van der Waals surface area contributed by atoms with E-state index in [1.807, 2.05) is 13.1 Å². The molecule has 0 aliphatic rings. The molecule has 0 radical (unpaired) electrons. The Balaban J connectivity index is 2.31. The van der Waals surface area contributed by atoms with Crippen LogP contribution in [0.1, 0.15) is 29.8 Å². The van der Waals surface area contributed by atoms with Gasteiger partial charge in [0, 0.05) is 11.2 Å². The van der Waals surface area contributed by atoms with Crippen molar-refractivity contribution in [1.29, 1.82) is 0 Å². The van der Waals surface area contributed by atoms with Crippen LogP contribution < -0.4 is 5.32 Å². The molecule has 1 heterocycles. The van der Waals surface area contributed by atoms with Crippen LogP contribution in [0.25, 0.3) is 0 Å². The van der Waals surface area contributed by atoms with Gasteiger partial charge in [0.1, 0.15) is 5.82 Å². The highest BCUT2D eigenvalue weighted by Gasteiger charge is 2.16. The summed E-state index contributed by atoms with van der Waals surface area (Å²) >= 11 is 6.14. The quantitative estimate of drug-likeness (QED) is 0.903. The Morgan fingerprint density at radius 1 is 1.30 bits per heavy atom. The van der Waals surface area contributed by atoms with E-state index in [-0.39, 0.29) is 11.9 Å². The van der Waals surface area contributed by atoms with Gasteiger partial charge in [-0.2, -0.15) is 0 Å². The van der Waals surface area contributed by atoms with Crippen molar-refractivity contribution in [3.05, 3.63) is 64.2 Å². The summed E-state index contributed by atoms with van der Waals surface area (Å²) in [5.41, 5.74) is 2.98. The lowest BCUT2D eigenvalue weighted by Crippen LogP contribution is -2.21. The smallest absolute Gasteiger partial charge is 0.123 e. The van der Waals surface area contributed by atoms with E-state index in [9.17, 15) is 4.39 Å². The van der Waals surface area contributed by atoms with Gasteiger partial charge in [-0.15, -0.1) is 0 Å². The number of benzene rings is 1. The molecule has 0 fully saturated rings. The topological polar surface area (TPSA) is 24.9 Å². The highest BCUT2D eigenvalue weighted by molar-refractivity contribution is 6.31. The average molecular weight is 293 g/mol. The Morgan fingerprint density at radius 3 is 2.80 bits per heavy atom. The molecule has 1 unspecified atom stereocenters. The van der Waals surface area contributed by atoms with Crippen molar-refractivity contribution in [3.63, 3.8) is 0 Å². The second-order valence-electron chi connectivity index (χ2n) is 4.68. The first-order valence-electron chi connectivity index (χ1n) is 6.70. The lowest BCUT2D eigenvalue weighted by molar-refractivity contribution is 0.565. The minimum Gasteiger partial charge on any atom is -0.311 e. The lowest BCUT2D eigenvalue weighted by Gasteiger charge is -2.19. The van der Waals surface area contributed by atoms with Gasteiger partial charge in [0.15, 0.2) is 0 Å². The molecule has 2 aromatic rings. The van der Waals surface area contributed by atoms with Gasteiger partial charge < -0.3 is 5.32 Å². The zero-order valence-corrected chi connectivity index (χ0v) is 12.4. The van der Waals surface area contributed by atoms with Crippen LogP contribution in [0.4, 0.5) is 4.39 Å². The third-order valence-corrected chi connectivity index (χ3v) is 3.79. The van der Waals surface area contributed by atoms with Gasteiger partial charge in [-0.1, -0.05) is 24.6 Å². The van der Waals surface area contributed by atoms with E-state index in [1.165, 1.54) is 17.7 Å². The molecule has 0 aliphatic carbocycles. The first-order valence-corrected chi connectivity index (χ1v) is 7.08. The fraction of sp³-hybridized carbons (Fsp3) is 0.312. The van der Waals surface area contributed by atoms with Gasteiger partial charge in [0.05, 0.1) is 11.7 Å². The van der Waals surface area contributed by atoms with Crippen molar-refractivity contribution in [2.45, 2.75) is 25.8 Å². The average Bonchev–Trinajstić information content (AvgIpc) is 2.48. The van der Waals surface area contributed by atoms with Gasteiger partial charge in [0.25, 0.3) is 0 Å². The zero-order chi connectivity index (χ0) is 14.5. The molecule has 1 atom stereocenters. The van der Waals surface area contributed by atoms with E-state index in [0.29, 0.717) is 11.4 Å². The predicted octanol–water partition coefficient (Wildman–Crippen LogP) is 3.94. The molecule has 0 saturated heterocycles. The Kier molecular flexibility index (Phi) is 5.10. The highest BCUT2D eigenvalue weighted by Crippen LogP contribution is 2.25. The first-order chi connectivity index (χ1) is 9.65. The standard InChI is InChI=1S/C16H18ClFN2/c1-3-11-5-4-8-20-16(11)15(19-2)10-12-9-13(18)6-7-14(12)17/h4-9,15,19H,3,10H2,1-2H3. The Hall–Kier alpha value is -1.45. The second-order valence-corrected chi connectivity index (χ2v) is 5.09. The number of aromatic nitrogens is 1. The molecule has 2 nitrogen and oxygen atoms in total. The van der Waals surface area contributed by atoms with Gasteiger partial charge in [0.2, 0.25) is 0 Å². The first kappa shape index (κ1) is 14.9. The van der Waals surface area contributed by atoms with E-state index < -0.39 is 0 Å². The molecule has 106 valence electrons. The fourth-order valence-electron chi connectivity index (χ4n) is 2.32. The van der Waals surface area contributed by atoms with Crippen LogP contribution in [-0.4, -0.2) is 12.0 Å². The second kappa shape index (κ2) is 6.82. The number of hydrogen-bond donors (Lipinski definition) is 1. The number of pyridine rings is 1. The molecule has 20 heavy (non-hydrogen) atoms. The third kappa shape index (κ3) is 3.35. The molecule has 0 amide bonds. The Morgan fingerprint density at radius 2 is 2.10 bits per heavy atom. The molecule has 0 saturated carbocycles. The molecule has 1 aromatic carbocycles. The minimum absolute atomic E-state index is 0.0189. The van der Waals surface area contributed by atoms with Gasteiger partial charge >= 0.3 is 0 Å². The molecule has 2 rings (SSSR count). The van der Waals surface area contributed by atoms with Crippen LogP contribution in [0.5, 0.6) is 0 Å². The van der Waals surface area contributed by atoms with Crippen LogP contribution in [-0.2, 0) is 12.8 Å². The maximum atomic E-state index is 13.4. The van der Waals surface area contributed by atoms with E-state index >= 15 is 0 Å². The number of aryl methyl sites for hydroxylation is 1. The number of nitrogens with one attached hydrogen (secondary N) is 1. The van der Waals surface area contributed by atoms with Crippen molar-refractivity contribution in [2.24, 2.45) is 0 Å². The van der Waals surface area contributed by atoms with Crippen LogP contribution >= 0.6 is 11.6 Å². The Labute approximate surface area is 124 Å². The summed E-state index contributed by atoms with van der Waals surface area (Å²) in [6, 6.07) is 8.48. The van der Waals surface area contributed by atoms with Crippen molar-refractivity contribution < 1.29 is 4.39 Å². The number of nitrogens with zero attached hydrogens (tertiary/aromatic N) is 1. The van der Waals surface area contributed by atoms with Crippen molar-refractivity contribution in [1.82, 2.24) is 10.3 Å². The lowest BCUT2D eigenvalue weighted by atomic mass is 9.98. The minimum atomic E-state index is -0.268. The van der Waals surface area contributed by atoms with E-state index in [0.717, 1.165) is 17.7 Å². The highest BCUT2D eigenvalue weighted by atomic mass is 35.5. The van der Waals surface area contributed by atoms with Crippen molar-refractivity contribution in [2.75, 3.05) is 7.05 Å². The van der Waals surface area contributed by atoms with Gasteiger partial charge in [-0.25, -0.2) is 4.39 Å². The number of hydrogen-bond acceptors (Lipinski definition) is 2. The summed E-state index contributed by atoms with van der Waals surface area (Å²) in [5.74, 6) is -0.268. The van der Waals surface area contributed by atoms with Gasteiger partial charge in [-0.3, -0.25) is 4.98 Å². The normalized spacial score (nSPS) is 12.4. The SMILES string of the molecule is CCc1cccnc1C(Cc1cc(F)ccc1Cl)NC. The van der Waals surface area contributed by atoms with E-state index in [2.05, 4.69) is 23.3 Å². The van der Waals surface area contributed by atoms with Crippen molar-refractivity contribution in [3.8, 4) is 0 Å². The van der Waals surface area contributed by atoms with E-state index in [1.54, 1.807) is 12.3 Å². The monoisotopic (exact) mass is 292 g/mol. The third-order valence-electron chi connectivity index (χ3n) is 3.42. The van der Waals surface area contributed by atoms with Crippen molar-refractivity contribution >= 4 is 11.6 Å². The molecule has 0 aliphatic heterocycles. The zero-order valence-electron chi connectivity index (χ0n) is 11.7. The summed E-state index contributed by atoms with van der Waals surface area (Å²) in [7, 11) is 1.88. The number of rotatable bonds is 5. The summed E-state index contributed by atoms with van der Waals surface area (Å²) in [4.78, 5) is 4.47. The molecule has 0 spiro atoms. The van der Waals surface area contributed by atoms with Crippen LogP contribution in [0, 0.1) is 5.82 Å². The molecule has 4 heteroatoms. The van der Waals surface area contributed by atoms with E-state index in [4.69, 9.17) is 11.6 Å². The van der Waals surface area contributed by atoms with Gasteiger partial charge in [-0.05, 0) is 55.3 Å². The maximum Gasteiger partial charge on any atom is 0.123 e. The molecule has 0 bridgehead atoms. The maximum absolute atomic E-state index is 13.4. The summed E-state index contributed by atoms with van der Waals surface area (Å²) < 4.78 is 13.4. The van der Waals surface area contributed by atoms with Crippen LogP contribution in [0.2, 0.25) is 5.02 Å². The fourth-order valence-corrected chi connectivity index (χ4v) is 2.51. The summed E-state index contributed by atoms with van der Waals surface area (Å²) in [6.07, 6.45) is 3.31. The summed E-state index contributed by atoms with van der Waals surface area (Å²) in [6.45, 7) is 2.10. The molecule has 1 aromatic heterocycles. The molecular weight excluding hydrogens is 275 g/mol. The Bertz CT molecular complexity index is 586.